The van der Waals surface area contributed by atoms with Crippen LogP contribution in [0.25, 0.3) is 0 Å². The van der Waals surface area contributed by atoms with Crippen molar-refractivity contribution >= 4 is 15.9 Å². The third kappa shape index (κ3) is 7.14. The molecule has 1 aliphatic heterocycles. The van der Waals surface area contributed by atoms with Crippen molar-refractivity contribution in [3.63, 3.8) is 0 Å². The number of rotatable bonds is 10. The number of piperazine rings is 1. The zero-order valence-corrected chi connectivity index (χ0v) is 18.9. The maximum atomic E-state index is 12.5. The van der Waals surface area contributed by atoms with Gasteiger partial charge in [0.15, 0.2) is 0 Å². The lowest BCUT2D eigenvalue weighted by Crippen LogP contribution is -2.46. The molecule has 0 atom stereocenters. The van der Waals surface area contributed by atoms with Crippen LogP contribution in [0.2, 0.25) is 0 Å². The van der Waals surface area contributed by atoms with Crippen molar-refractivity contribution in [3.8, 4) is 0 Å². The molecule has 168 valence electrons. The van der Waals surface area contributed by atoms with Crippen LogP contribution >= 0.6 is 0 Å². The maximum absolute atomic E-state index is 12.5. The van der Waals surface area contributed by atoms with E-state index in [2.05, 4.69) is 39.4 Å². The first-order valence-electron chi connectivity index (χ1n) is 10.7. The molecule has 0 unspecified atom stereocenters. The number of amides is 1. The van der Waals surface area contributed by atoms with Gasteiger partial charge in [0.1, 0.15) is 0 Å². The van der Waals surface area contributed by atoms with E-state index in [1.165, 1.54) is 24.7 Å². The maximum Gasteiger partial charge on any atom is 0.243 e. The van der Waals surface area contributed by atoms with E-state index in [0.717, 1.165) is 50.0 Å². The highest BCUT2D eigenvalue weighted by Gasteiger charge is 2.22. The van der Waals surface area contributed by atoms with Crippen LogP contribution in [0, 0.1) is 0 Å². The second-order valence-electron chi connectivity index (χ2n) is 7.88. The van der Waals surface area contributed by atoms with E-state index in [1.807, 2.05) is 6.07 Å². The van der Waals surface area contributed by atoms with Crippen LogP contribution in [0.4, 0.5) is 0 Å². The van der Waals surface area contributed by atoms with Crippen LogP contribution in [0.1, 0.15) is 12.0 Å². The lowest BCUT2D eigenvalue weighted by atomic mass is 10.2. The van der Waals surface area contributed by atoms with Gasteiger partial charge >= 0.3 is 0 Å². The van der Waals surface area contributed by atoms with Crippen molar-refractivity contribution in [2.45, 2.75) is 17.9 Å². The van der Waals surface area contributed by atoms with Crippen LogP contribution in [0.15, 0.2) is 65.6 Å². The van der Waals surface area contributed by atoms with Gasteiger partial charge in [-0.2, -0.15) is 4.31 Å². The molecule has 2 aromatic rings. The minimum Gasteiger partial charge on any atom is -0.355 e. The number of carbonyl (C=O) groups excluding carboxylic acids is 1. The van der Waals surface area contributed by atoms with Gasteiger partial charge in [0.2, 0.25) is 15.9 Å². The summed E-state index contributed by atoms with van der Waals surface area (Å²) in [6.07, 6.45) is 0.847. The lowest BCUT2D eigenvalue weighted by Gasteiger charge is -2.34. The Morgan fingerprint density at radius 2 is 1.52 bits per heavy atom. The van der Waals surface area contributed by atoms with Crippen molar-refractivity contribution in [3.05, 3.63) is 66.2 Å². The molecule has 1 heterocycles. The fourth-order valence-corrected chi connectivity index (χ4v) is 4.81. The molecule has 1 amide bonds. The smallest absolute Gasteiger partial charge is 0.243 e. The minimum atomic E-state index is -3.65. The Labute approximate surface area is 185 Å². The number of nitrogens with one attached hydrogen (secondary N) is 1. The molecule has 2 aromatic carbocycles. The van der Waals surface area contributed by atoms with E-state index in [0.29, 0.717) is 6.54 Å². The van der Waals surface area contributed by atoms with Crippen LogP contribution in [-0.2, 0) is 21.4 Å². The fourth-order valence-electron chi connectivity index (χ4n) is 3.66. The number of nitrogens with zero attached hydrogens (tertiary/aromatic N) is 3. The quantitative estimate of drug-likeness (QED) is 0.564. The summed E-state index contributed by atoms with van der Waals surface area (Å²) in [5.41, 5.74) is 1.35. The van der Waals surface area contributed by atoms with E-state index < -0.39 is 10.0 Å². The molecule has 0 aromatic heterocycles. The molecule has 31 heavy (non-hydrogen) atoms. The van der Waals surface area contributed by atoms with Gasteiger partial charge in [-0.25, -0.2) is 8.42 Å². The predicted octanol–water partition coefficient (Wildman–Crippen LogP) is 1.63. The molecule has 0 radical (unpaired) electrons. The van der Waals surface area contributed by atoms with Gasteiger partial charge in [-0.1, -0.05) is 48.5 Å². The Hall–Kier alpha value is -2.26. The SMILES string of the molecule is CN(CC(=O)NCCCN1CCN(Cc2ccccc2)CC1)S(=O)(=O)c1ccccc1. The monoisotopic (exact) mass is 444 g/mol. The number of benzene rings is 2. The molecule has 0 aliphatic carbocycles. The van der Waals surface area contributed by atoms with E-state index in [-0.39, 0.29) is 17.3 Å². The second-order valence-corrected chi connectivity index (χ2v) is 9.93. The van der Waals surface area contributed by atoms with E-state index in [4.69, 9.17) is 0 Å². The van der Waals surface area contributed by atoms with Gasteiger partial charge in [-0.15, -0.1) is 0 Å². The molecule has 1 aliphatic rings. The standard InChI is InChI=1S/C23H32N4O3S/c1-25(31(29,30)22-11-6-3-7-12-22)20-23(28)24-13-8-14-26-15-17-27(18-16-26)19-21-9-4-2-5-10-21/h2-7,9-12H,8,13-20H2,1H3,(H,24,28). The molecule has 7 nitrogen and oxygen atoms in total. The van der Waals surface area contributed by atoms with Crippen LogP contribution in [-0.4, -0.2) is 81.3 Å². The average Bonchev–Trinajstić information content (AvgIpc) is 2.79. The Morgan fingerprint density at radius 1 is 0.935 bits per heavy atom. The molecular formula is C23H32N4O3S. The van der Waals surface area contributed by atoms with Gasteiger partial charge in [0.25, 0.3) is 0 Å². The molecule has 0 saturated carbocycles. The first kappa shape index (κ1) is 23.4. The fraction of sp³-hybridized carbons (Fsp3) is 0.435. The summed E-state index contributed by atoms with van der Waals surface area (Å²) in [6.45, 7) is 6.42. The number of hydrogen-bond acceptors (Lipinski definition) is 5. The highest BCUT2D eigenvalue weighted by molar-refractivity contribution is 7.89. The first-order valence-corrected chi connectivity index (χ1v) is 12.2. The number of hydrogen-bond donors (Lipinski definition) is 1. The van der Waals surface area contributed by atoms with Gasteiger partial charge < -0.3 is 10.2 Å². The number of likely N-dealkylation sites (N-methyl/N-ethyl adjacent to an activating group) is 1. The summed E-state index contributed by atoms with van der Waals surface area (Å²) < 4.78 is 26.0. The summed E-state index contributed by atoms with van der Waals surface area (Å²) in [5, 5.41) is 2.84. The number of sulfonamides is 1. The predicted molar refractivity (Wildman–Crippen MR) is 122 cm³/mol. The molecule has 8 heteroatoms. The van der Waals surface area contributed by atoms with Crippen molar-refractivity contribution in [1.29, 1.82) is 0 Å². The van der Waals surface area contributed by atoms with Crippen LogP contribution < -0.4 is 5.32 Å². The molecule has 1 fully saturated rings. The third-order valence-corrected chi connectivity index (χ3v) is 7.32. The molecule has 0 spiro atoms. The van der Waals surface area contributed by atoms with E-state index in [9.17, 15) is 13.2 Å². The van der Waals surface area contributed by atoms with E-state index in [1.54, 1.807) is 18.2 Å². The van der Waals surface area contributed by atoms with Gasteiger partial charge in [-0.05, 0) is 30.7 Å². The molecule has 1 saturated heterocycles. The summed E-state index contributed by atoms with van der Waals surface area (Å²) in [6, 6.07) is 18.7. The van der Waals surface area contributed by atoms with Gasteiger partial charge in [-0.3, -0.25) is 9.69 Å². The highest BCUT2D eigenvalue weighted by atomic mass is 32.2. The second kappa shape index (κ2) is 11.4. The third-order valence-electron chi connectivity index (χ3n) is 5.50. The van der Waals surface area contributed by atoms with Crippen LogP contribution in [0.3, 0.4) is 0 Å². The van der Waals surface area contributed by atoms with Crippen LogP contribution in [0.5, 0.6) is 0 Å². The minimum absolute atomic E-state index is 0.185. The Kier molecular flexibility index (Phi) is 8.60. The van der Waals surface area contributed by atoms with Crippen molar-refractivity contribution in [2.24, 2.45) is 0 Å². The van der Waals surface area contributed by atoms with Crippen molar-refractivity contribution in [2.75, 3.05) is 52.9 Å². The first-order chi connectivity index (χ1) is 14.9. The Balaban J connectivity index is 1.31. The lowest BCUT2D eigenvalue weighted by molar-refractivity contribution is -0.121. The largest absolute Gasteiger partial charge is 0.355 e. The Morgan fingerprint density at radius 3 is 2.16 bits per heavy atom. The molecule has 0 bridgehead atoms. The average molecular weight is 445 g/mol. The summed E-state index contributed by atoms with van der Waals surface area (Å²) >= 11 is 0. The van der Waals surface area contributed by atoms with Crippen molar-refractivity contribution in [1.82, 2.24) is 19.4 Å². The highest BCUT2D eigenvalue weighted by Crippen LogP contribution is 2.13. The summed E-state index contributed by atoms with van der Waals surface area (Å²) in [4.78, 5) is 17.2. The van der Waals surface area contributed by atoms with Crippen molar-refractivity contribution < 1.29 is 13.2 Å². The summed E-state index contributed by atoms with van der Waals surface area (Å²) in [7, 11) is -2.22. The van der Waals surface area contributed by atoms with Gasteiger partial charge in [0, 0.05) is 46.3 Å². The topological polar surface area (TPSA) is 73.0 Å². The zero-order valence-electron chi connectivity index (χ0n) is 18.1. The molecular weight excluding hydrogens is 412 g/mol. The van der Waals surface area contributed by atoms with Gasteiger partial charge in [0.05, 0.1) is 11.4 Å². The molecule has 3 rings (SSSR count). The summed E-state index contributed by atoms with van der Waals surface area (Å²) in [5.74, 6) is -0.283. The normalized spacial score (nSPS) is 15.8. The zero-order chi connectivity index (χ0) is 22.1. The Bertz CT molecular complexity index is 914. The molecule has 1 N–H and O–H groups in total. The van der Waals surface area contributed by atoms with E-state index >= 15 is 0 Å². The number of carbonyl (C=O) groups is 1.